The fraction of sp³-hybridized carbons (Fsp3) is 0.857. The molecule has 0 radical (unpaired) electrons. The highest BCUT2D eigenvalue weighted by atomic mass is 32.1. The Labute approximate surface area is 76.2 Å². The molecule has 0 amide bonds. The zero-order valence-corrected chi connectivity index (χ0v) is 9.65. The van der Waals surface area contributed by atoms with Gasteiger partial charge in [0.2, 0.25) is 9.76 Å². The number of hydrogen-bond acceptors (Lipinski definition) is 3. The third kappa shape index (κ3) is 6.46. The molecule has 0 spiro atoms. The van der Waals surface area contributed by atoms with Crippen molar-refractivity contribution in [1.29, 1.82) is 0 Å². The van der Waals surface area contributed by atoms with Gasteiger partial charge in [0.1, 0.15) is 0 Å². The second kappa shape index (κ2) is 6.76. The summed E-state index contributed by atoms with van der Waals surface area (Å²) in [5.41, 5.74) is 0. The highest BCUT2D eigenvalue weighted by molar-refractivity contribution is 7.80. The van der Waals surface area contributed by atoms with E-state index in [0.29, 0.717) is 17.2 Å². The second-order valence-corrected chi connectivity index (χ2v) is 4.15. The zero-order valence-electron chi connectivity index (χ0n) is 7.42. The van der Waals surface area contributed by atoms with E-state index in [2.05, 4.69) is 0 Å². The van der Waals surface area contributed by atoms with Crippen LogP contribution in [0.5, 0.6) is 0 Å². The van der Waals surface area contributed by atoms with E-state index in [9.17, 15) is 0 Å². The molecule has 0 atom stereocenters. The Balaban J connectivity index is 3.18. The average molecular weight is 192 g/mol. The number of hydrogen-bond donors (Lipinski definition) is 0. The third-order valence-corrected chi connectivity index (χ3v) is 2.80. The highest BCUT2D eigenvalue weighted by Gasteiger charge is 2.02. The van der Waals surface area contributed by atoms with Gasteiger partial charge >= 0.3 is 0 Å². The molecule has 0 bridgehead atoms. The van der Waals surface area contributed by atoms with E-state index in [1.54, 1.807) is 0 Å². The molecule has 0 aromatic heterocycles. The molecule has 66 valence electrons. The van der Waals surface area contributed by atoms with Gasteiger partial charge < -0.3 is 9.16 Å². The van der Waals surface area contributed by atoms with E-state index in [4.69, 9.17) is 21.4 Å². The molecular weight excluding hydrogens is 176 g/mol. The van der Waals surface area contributed by atoms with Crippen molar-refractivity contribution in [3.63, 3.8) is 0 Å². The lowest BCUT2D eigenvalue weighted by Gasteiger charge is -2.08. The van der Waals surface area contributed by atoms with Crippen molar-refractivity contribution in [1.82, 2.24) is 0 Å². The first-order valence-electron chi connectivity index (χ1n) is 3.92. The van der Waals surface area contributed by atoms with Crippen LogP contribution in [0.2, 0.25) is 0 Å². The molecule has 0 saturated heterocycles. The predicted molar refractivity (Wildman–Crippen MR) is 53.6 cm³/mol. The maximum Gasteiger partial charge on any atom is 0.201 e. The average Bonchev–Trinajstić information content (AvgIpc) is 1.97. The topological polar surface area (TPSA) is 18.5 Å². The Morgan fingerprint density at radius 3 is 2.64 bits per heavy atom. The minimum Gasteiger partial charge on any atom is -0.488 e. The molecule has 2 nitrogen and oxygen atoms in total. The Bertz CT molecular complexity index is 117. The SMILES string of the molecule is CCO[SiH2]COC(=S)C(C)C. The lowest BCUT2D eigenvalue weighted by molar-refractivity contribution is 0.303. The van der Waals surface area contributed by atoms with Gasteiger partial charge in [0, 0.05) is 12.5 Å². The van der Waals surface area contributed by atoms with E-state index in [-0.39, 0.29) is 0 Å². The van der Waals surface area contributed by atoms with Crippen LogP contribution in [0.3, 0.4) is 0 Å². The van der Waals surface area contributed by atoms with Gasteiger partial charge in [0.15, 0.2) is 5.05 Å². The maximum atomic E-state index is 5.27. The van der Waals surface area contributed by atoms with Gasteiger partial charge in [-0.05, 0) is 19.1 Å². The number of thiocarbonyl (C=S) groups is 1. The highest BCUT2D eigenvalue weighted by Crippen LogP contribution is 1.97. The molecule has 0 N–H and O–H groups in total. The van der Waals surface area contributed by atoms with Crippen molar-refractivity contribution in [3.05, 3.63) is 0 Å². The van der Waals surface area contributed by atoms with Crippen molar-refractivity contribution in [2.75, 3.05) is 12.8 Å². The standard InChI is InChI=1S/C7H16O2SSi/c1-4-9-11-5-8-7(10)6(2)3/h6H,4-5,11H2,1-3H3. The van der Waals surface area contributed by atoms with Crippen LogP contribution < -0.4 is 0 Å². The van der Waals surface area contributed by atoms with Crippen LogP contribution in [-0.2, 0) is 9.16 Å². The van der Waals surface area contributed by atoms with Crippen molar-refractivity contribution in [3.8, 4) is 0 Å². The Kier molecular flexibility index (Phi) is 6.80. The van der Waals surface area contributed by atoms with Crippen LogP contribution >= 0.6 is 12.2 Å². The molecule has 0 aromatic rings. The van der Waals surface area contributed by atoms with E-state index >= 15 is 0 Å². The first-order valence-corrected chi connectivity index (χ1v) is 5.91. The first kappa shape index (κ1) is 11.1. The summed E-state index contributed by atoms with van der Waals surface area (Å²) >= 11 is 4.97. The molecule has 0 saturated carbocycles. The fourth-order valence-corrected chi connectivity index (χ4v) is 1.45. The summed E-state index contributed by atoms with van der Waals surface area (Å²) < 4.78 is 10.5. The second-order valence-electron chi connectivity index (χ2n) is 2.52. The van der Waals surface area contributed by atoms with Gasteiger partial charge in [-0.3, -0.25) is 0 Å². The molecule has 11 heavy (non-hydrogen) atoms. The number of ether oxygens (including phenoxy) is 1. The van der Waals surface area contributed by atoms with E-state index in [1.165, 1.54) is 0 Å². The molecule has 0 aliphatic carbocycles. The van der Waals surface area contributed by atoms with E-state index < -0.39 is 9.76 Å². The summed E-state index contributed by atoms with van der Waals surface area (Å²) in [6.45, 7) is 6.85. The smallest absolute Gasteiger partial charge is 0.201 e. The van der Waals surface area contributed by atoms with Crippen molar-refractivity contribution >= 4 is 27.0 Å². The van der Waals surface area contributed by atoms with Crippen LogP contribution in [0, 0.1) is 5.92 Å². The van der Waals surface area contributed by atoms with Gasteiger partial charge in [0.25, 0.3) is 0 Å². The summed E-state index contributed by atoms with van der Waals surface area (Å²) in [5.74, 6) is 0.348. The first-order chi connectivity index (χ1) is 5.18. The number of rotatable bonds is 5. The third-order valence-electron chi connectivity index (χ3n) is 1.15. The summed E-state index contributed by atoms with van der Waals surface area (Å²) in [4.78, 5) is 0. The molecule has 0 heterocycles. The van der Waals surface area contributed by atoms with Gasteiger partial charge in [-0.1, -0.05) is 13.8 Å². The lowest BCUT2D eigenvalue weighted by atomic mass is 10.2. The molecule has 0 aromatic carbocycles. The molecule has 0 aliphatic heterocycles. The molecular formula is C7H16O2SSi. The van der Waals surface area contributed by atoms with Gasteiger partial charge in [-0.2, -0.15) is 0 Å². The van der Waals surface area contributed by atoms with E-state index in [0.717, 1.165) is 6.61 Å². The molecule has 0 rings (SSSR count). The van der Waals surface area contributed by atoms with Crippen LogP contribution in [0.4, 0.5) is 0 Å². The normalized spacial score (nSPS) is 11.3. The largest absolute Gasteiger partial charge is 0.488 e. The molecule has 0 fully saturated rings. The zero-order chi connectivity index (χ0) is 8.69. The van der Waals surface area contributed by atoms with Crippen LogP contribution in [0.15, 0.2) is 0 Å². The predicted octanol–water partition coefficient (Wildman–Crippen LogP) is 1.06. The molecule has 0 unspecified atom stereocenters. The maximum absolute atomic E-state index is 5.27. The minimum atomic E-state index is -0.473. The summed E-state index contributed by atoms with van der Waals surface area (Å²) in [5, 5.41) is 0.706. The Hall–Kier alpha value is 0.0669. The van der Waals surface area contributed by atoms with E-state index in [1.807, 2.05) is 20.8 Å². The van der Waals surface area contributed by atoms with Gasteiger partial charge in [0.05, 0.1) is 6.23 Å². The monoisotopic (exact) mass is 192 g/mol. The van der Waals surface area contributed by atoms with Crippen LogP contribution in [-0.4, -0.2) is 27.7 Å². The van der Waals surface area contributed by atoms with Crippen LogP contribution in [0.25, 0.3) is 0 Å². The van der Waals surface area contributed by atoms with Gasteiger partial charge in [-0.25, -0.2) is 0 Å². The summed E-state index contributed by atoms with van der Waals surface area (Å²) in [6.07, 6.45) is 0.713. The Morgan fingerprint density at radius 2 is 2.18 bits per heavy atom. The van der Waals surface area contributed by atoms with Crippen molar-refractivity contribution in [2.24, 2.45) is 5.92 Å². The summed E-state index contributed by atoms with van der Waals surface area (Å²) in [7, 11) is -0.473. The summed E-state index contributed by atoms with van der Waals surface area (Å²) in [6, 6.07) is 0. The van der Waals surface area contributed by atoms with Crippen molar-refractivity contribution in [2.45, 2.75) is 20.8 Å². The lowest BCUT2D eigenvalue weighted by Crippen LogP contribution is -2.15. The van der Waals surface area contributed by atoms with Crippen molar-refractivity contribution < 1.29 is 9.16 Å². The Morgan fingerprint density at radius 1 is 1.55 bits per heavy atom. The fourth-order valence-electron chi connectivity index (χ4n) is 0.512. The minimum absolute atomic E-state index is 0.348. The van der Waals surface area contributed by atoms with Gasteiger partial charge in [-0.15, -0.1) is 0 Å². The molecule has 0 aliphatic rings. The van der Waals surface area contributed by atoms with Crippen LogP contribution in [0.1, 0.15) is 20.8 Å². The quantitative estimate of drug-likeness (QED) is 0.369. The molecule has 4 heteroatoms.